The van der Waals surface area contributed by atoms with Gasteiger partial charge >= 0.3 is 0 Å². The van der Waals surface area contributed by atoms with Gasteiger partial charge in [-0.05, 0) is 62.4 Å². The lowest BCUT2D eigenvalue weighted by molar-refractivity contribution is -0.119. The molecule has 1 aromatic heterocycles. The first kappa shape index (κ1) is 16.3. The van der Waals surface area contributed by atoms with Crippen LogP contribution in [0.1, 0.15) is 36.0 Å². The minimum Gasteiger partial charge on any atom is -0.356 e. The number of likely N-dealkylation sites (tertiary alicyclic amines) is 1. The van der Waals surface area contributed by atoms with Crippen LogP contribution in [-0.4, -0.2) is 40.2 Å². The summed E-state index contributed by atoms with van der Waals surface area (Å²) in [6.45, 7) is 8.23. The van der Waals surface area contributed by atoms with Crippen molar-refractivity contribution >= 4 is 5.91 Å². The lowest BCUT2D eigenvalue weighted by Crippen LogP contribution is -2.40. The van der Waals surface area contributed by atoms with E-state index in [1.54, 1.807) is 0 Å². The van der Waals surface area contributed by atoms with Gasteiger partial charge in [0, 0.05) is 31.9 Å². The largest absolute Gasteiger partial charge is 0.356 e. The van der Waals surface area contributed by atoms with Crippen molar-refractivity contribution in [2.75, 3.05) is 19.6 Å². The van der Waals surface area contributed by atoms with E-state index in [0.29, 0.717) is 6.42 Å². The molecule has 1 spiro atoms. The number of rotatable bonds is 3. The molecule has 1 aromatic carbocycles. The summed E-state index contributed by atoms with van der Waals surface area (Å²) in [6, 6.07) is 6.48. The fraction of sp³-hybridized carbons (Fsp3) is 0.500. The first-order valence-electron chi connectivity index (χ1n) is 9.14. The minimum atomic E-state index is 0.209. The molecule has 0 bridgehead atoms. The lowest BCUT2D eigenvalue weighted by atomic mass is 9.77. The number of carbonyl (C=O) groups excluding carboxylic acids is 1. The molecule has 0 radical (unpaired) electrons. The zero-order valence-corrected chi connectivity index (χ0v) is 15.1. The standard InChI is InChI=1S/C20H26N4O/c1-15-10-16(2)19(24-7-3-6-22-24)17(11-15)13-23-8-4-20(5-9-23)12-18(25)21-14-20/h3,6-7,10-11H,4-5,8-9,12-14H2,1-2H3,(H,21,25). The molecule has 25 heavy (non-hydrogen) atoms. The second-order valence-electron chi connectivity index (χ2n) is 7.77. The Morgan fingerprint density at radius 3 is 2.68 bits per heavy atom. The molecule has 5 nitrogen and oxygen atoms in total. The fourth-order valence-electron chi connectivity index (χ4n) is 4.43. The van der Waals surface area contributed by atoms with Crippen LogP contribution in [0.4, 0.5) is 0 Å². The Balaban J connectivity index is 1.53. The summed E-state index contributed by atoms with van der Waals surface area (Å²) in [4.78, 5) is 14.1. The highest BCUT2D eigenvalue weighted by atomic mass is 16.1. The molecule has 2 saturated heterocycles. The van der Waals surface area contributed by atoms with Gasteiger partial charge in [-0.25, -0.2) is 4.68 Å². The van der Waals surface area contributed by atoms with E-state index in [4.69, 9.17) is 0 Å². The van der Waals surface area contributed by atoms with Gasteiger partial charge in [-0.1, -0.05) is 17.7 Å². The number of piperidine rings is 1. The Bertz CT molecular complexity index is 773. The van der Waals surface area contributed by atoms with Crippen molar-refractivity contribution in [1.82, 2.24) is 20.0 Å². The number of hydrogen-bond acceptors (Lipinski definition) is 3. The summed E-state index contributed by atoms with van der Waals surface area (Å²) in [7, 11) is 0. The van der Waals surface area contributed by atoms with Crippen LogP contribution in [0, 0.1) is 19.3 Å². The molecule has 1 N–H and O–H groups in total. The fourth-order valence-corrected chi connectivity index (χ4v) is 4.43. The number of carbonyl (C=O) groups is 1. The predicted molar refractivity (Wildman–Crippen MR) is 97.6 cm³/mol. The van der Waals surface area contributed by atoms with Gasteiger partial charge in [0.15, 0.2) is 0 Å². The van der Waals surface area contributed by atoms with Gasteiger partial charge in [0.1, 0.15) is 0 Å². The Kier molecular flexibility index (Phi) is 4.12. The highest BCUT2D eigenvalue weighted by Gasteiger charge is 2.40. The summed E-state index contributed by atoms with van der Waals surface area (Å²) >= 11 is 0. The van der Waals surface area contributed by atoms with Gasteiger partial charge in [-0.15, -0.1) is 0 Å². The number of amides is 1. The third kappa shape index (κ3) is 3.21. The number of nitrogens with one attached hydrogen (secondary N) is 1. The van der Waals surface area contributed by atoms with Gasteiger partial charge in [-0.3, -0.25) is 9.69 Å². The van der Waals surface area contributed by atoms with E-state index in [1.807, 2.05) is 23.1 Å². The van der Waals surface area contributed by atoms with Gasteiger partial charge in [0.25, 0.3) is 0 Å². The van der Waals surface area contributed by atoms with Gasteiger partial charge in [0.05, 0.1) is 5.69 Å². The smallest absolute Gasteiger partial charge is 0.220 e. The maximum Gasteiger partial charge on any atom is 0.220 e. The number of hydrogen-bond donors (Lipinski definition) is 1. The molecule has 4 rings (SSSR count). The summed E-state index contributed by atoms with van der Waals surface area (Å²) in [5.41, 5.74) is 5.30. The van der Waals surface area contributed by atoms with Crippen molar-refractivity contribution in [2.45, 2.75) is 39.7 Å². The number of aryl methyl sites for hydroxylation is 2. The molecular weight excluding hydrogens is 312 g/mol. The molecule has 0 aliphatic carbocycles. The summed E-state index contributed by atoms with van der Waals surface area (Å²) in [5, 5.41) is 7.47. The summed E-state index contributed by atoms with van der Waals surface area (Å²) in [6.07, 6.45) is 6.77. The zero-order chi connectivity index (χ0) is 17.4. The van der Waals surface area contributed by atoms with Crippen LogP contribution in [-0.2, 0) is 11.3 Å². The van der Waals surface area contributed by atoms with Crippen molar-refractivity contribution in [1.29, 1.82) is 0 Å². The molecule has 132 valence electrons. The Labute approximate surface area is 149 Å². The van der Waals surface area contributed by atoms with Crippen LogP contribution < -0.4 is 5.32 Å². The van der Waals surface area contributed by atoms with Crippen LogP contribution in [0.5, 0.6) is 0 Å². The molecule has 3 heterocycles. The highest BCUT2D eigenvalue weighted by molar-refractivity contribution is 5.79. The molecule has 1 amide bonds. The van der Waals surface area contributed by atoms with Crippen LogP contribution in [0.15, 0.2) is 30.6 Å². The maximum absolute atomic E-state index is 11.6. The van der Waals surface area contributed by atoms with Gasteiger partial charge in [0.2, 0.25) is 5.91 Å². The van der Waals surface area contributed by atoms with E-state index in [2.05, 4.69) is 41.3 Å². The average molecular weight is 338 g/mol. The topological polar surface area (TPSA) is 50.2 Å². The van der Waals surface area contributed by atoms with Crippen LogP contribution >= 0.6 is 0 Å². The van der Waals surface area contributed by atoms with E-state index in [-0.39, 0.29) is 11.3 Å². The third-order valence-corrected chi connectivity index (χ3v) is 5.76. The van der Waals surface area contributed by atoms with E-state index in [0.717, 1.165) is 39.0 Å². The number of nitrogens with zero attached hydrogens (tertiary/aromatic N) is 3. The second-order valence-corrected chi connectivity index (χ2v) is 7.77. The minimum absolute atomic E-state index is 0.209. The highest BCUT2D eigenvalue weighted by Crippen LogP contribution is 2.38. The second kappa shape index (κ2) is 6.30. The molecular formula is C20H26N4O. The van der Waals surface area contributed by atoms with E-state index >= 15 is 0 Å². The van der Waals surface area contributed by atoms with Crippen LogP contribution in [0.2, 0.25) is 0 Å². The van der Waals surface area contributed by atoms with Crippen molar-refractivity contribution in [3.05, 3.63) is 47.3 Å². The van der Waals surface area contributed by atoms with Gasteiger partial charge < -0.3 is 5.32 Å². The number of aromatic nitrogens is 2. The van der Waals surface area contributed by atoms with E-state index < -0.39 is 0 Å². The van der Waals surface area contributed by atoms with Crippen molar-refractivity contribution in [3.8, 4) is 5.69 Å². The van der Waals surface area contributed by atoms with Gasteiger partial charge in [-0.2, -0.15) is 5.10 Å². The monoisotopic (exact) mass is 338 g/mol. The van der Waals surface area contributed by atoms with E-state index in [1.165, 1.54) is 22.4 Å². The quantitative estimate of drug-likeness (QED) is 0.936. The van der Waals surface area contributed by atoms with Crippen LogP contribution in [0.25, 0.3) is 5.69 Å². The summed E-state index contributed by atoms with van der Waals surface area (Å²) < 4.78 is 1.98. The molecule has 2 fully saturated rings. The molecule has 5 heteroatoms. The number of benzene rings is 1. The Morgan fingerprint density at radius 1 is 1.24 bits per heavy atom. The van der Waals surface area contributed by atoms with Crippen molar-refractivity contribution < 1.29 is 4.79 Å². The molecule has 2 aliphatic heterocycles. The van der Waals surface area contributed by atoms with Crippen molar-refractivity contribution in [2.24, 2.45) is 5.41 Å². The van der Waals surface area contributed by atoms with E-state index in [9.17, 15) is 4.79 Å². The van der Waals surface area contributed by atoms with Crippen molar-refractivity contribution in [3.63, 3.8) is 0 Å². The lowest BCUT2D eigenvalue weighted by Gasteiger charge is -2.38. The Hall–Kier alpha value is -2.14. The normalized spacial score (nSPS) is 20.2. The maximum atomic E-state index is 11.6. The Morgan fingerprint density at radius 2 is 2.04 bits per heavy atom. The first-order valence-corrected chi connectivity index (χ1v) is 9.14. The molecule has 0 atom stereocenters. The molecule has 0 saturated carbocycles. The predicted octanol–water partition coefficient (Wildman–Crippen LogP) is 2.59. The molecule has 2 aliphatic rings. The average Bonchev–Trinajstić information content (AvgIpc) is 3.20. The molecule has 0 unspecified atom stereocenters. The SMILES string of the molecule is Cc1cc(C)c(-n2cccn2)c(CN2CCC3(CC2)CNC(=O)C3)c1. The summed E-state index contributed by atoms with van der Waals surface area (Å²) in [5.74, 6) is 0.226. The zero-order valence-electron chi connectivity index (χ0n) is 15.1. The molecule has 2 aromatic rings. The third-order valence-electron chi connectivity index (χ3n) is 5.76. The van der Waals surface area contributed by atoms with Crippen LogP contribution in [0.3, 0.4) is 0 Å². The first-order chi connectivity index (χ1) is 12.0.